The Labute approximate surface area is 174 Å². The van der Waals surface area contributed by atoms with Crippen LogP contribution in [-0.4, -0.2) is 53.9 Å². The number of alkyl halides is 3. The van der Waals surface area contributed by atoms with Gasteiger partial charge in [0.2, 0.25) is 11.8 Å². The SMILES string of the molecule is CC(C)C(=O)N1CCCC(C(=O)NC2CCN(c3ccc(C(F)(F)F)cn3)CC2)C1. The summed E-state index contributed by atoms with van der Waals surface area (Å²) in [5.41, 5.74) is -0.758. The van der Waals surface area contributed by atoms with E-state index in [0.717, 1.165) is 25.1 Å². The zero-order valence-corrected chi connectivity index (χ0v) is 17.4. The van der Waals surface area contributed by atoms with Crippen molar-refractivity contribution < 1.29 is 22.8 Å². The van der Waals surface area contributed by atoms with Crippen LogP contribution >= 0.6 is 0 Å². The van der Waals surface area contributed by atoms with Crippen LogP contribution in [0.3, 0.4) is 0 Å². The summed E-state index contributed by atoms with van der Waals surface area (Å²) in [6, 6.07) is 2.47. The lowest BCUT2D eigenvalue weighted by Gasteiger charge is -2.36. The molecule has 166 valence electrons. The van der Waals surface area contributed by atoms with Gasteiger partial charge in [-0.2, -0.15) is 13.2 Å². The van der Waals surface area contributed by atoms with Gasteiger partial charge in [-0.3, -0.25) is 9.59 Å². The maximum atomic E-state index is 12.7. The predicted molar refractivity (Wildman–Crippen MR) is 107 cm³/mol. The molecule has 0 spiro atoms. The van der Waals surface area contributed by atoms with Crippen molar-refractivity contribution in [3.8, 4) is 0 Å². The molecule has 1 atom stereocenters. The fourth-order valence-corrected chi connectivity index (χ4v) is 4.07. The van der Waals surface area contributed by atoms with Gasteiger partial charge in [-0.25, -0.2) is 4.98 Å². The van der Waals surface area contributed by atoms with Gasteiger partial charge >= 0.3 is 6.18 Å². The fraction of sp³-hybridized carbons (Fsp3) is 0.667. The first kappa shape index (κ1) is 22.4. The highest BCUT2D eigenvalue weighted by Crippen LogP contribution is 2.30. The molecule has 0 aliphatic carbocycles. The third kappa shape index (κ3) is 5.43. The molecule has 0 saturated carbocycles. The summed E-state index contributed by atoms with van der Waals surface area (Å²) >= 11 is 0. The van der Waals surface area contributed by atoms with Crippen molar-refractivity contribution in [1.29, 1.82) is 0 Å². The van der Waals surface area contributed by atoms with E-state index in [1.165, 1.54) is 6.07 Å². The molecular weight excluding hydrogens is 397 g/mol. The standard InChI is InChI=1S/C21H29F3N4O2/c1-14(2)20(30)28-9-3-4-15(13-28)19(29)26-17-7-10-27(11-8-17)18-6-5-16(12-25-18)21(22,23)24/h5-6,12,14-15,17H,3-4,7-11,13H2,1-2H3,(H,26,29). The van der Waals surface area contributed by atoms with E-state index in [1.54, 1.807) is 4.90 Å². The fourth-order valence-electron chi connectivity index (χ4n) is 4.07. The van der Waals surface area contributed by atoms with E-state index < -0.39 is 11.7 Å². The normalized spacial score (nSPS) is 21.1. The van der Waals surface area contributed by atoms with Crippen molar-refractivity contribution in [2.45, 2.75) is 51.7 Å². The molecule has 30 heavy (non-hydrogen) atoms. The highest BCUT2D eigenvalue weighted by molar-refractivity contribution is 5.82. The van der Waals surface area contributed by atoms with E-state index in [-0.39, 0.29) is 29.7 Å². The summed E-state index contributed by atoms with van der Waals surface area (Å²) in [6.07, 6.45) is -0.518. The number of nitrogens with one attached hydrogen (secondary N) is 1. The molecule has 2 saturated heterocycles. The van der Waals surface area contributed by atoms with Crippen LogP contribution in [0.5, 0.6) is 0 Å². The Bertz CT molecular complexity index is 744. The second kappa shape index (κ2) is 9.22. The largest absolute Gasteiger partial charge is 0.417 e. The number of carbonyl (C=O) groups excluding carboxylic acids is 2. The van der Waals surface area contributed by atoms with E-state index in [1.807, 2.05) is 18.7 Å². The van der Waals surface area contributed by atoms with Crippen molar-refractivity contribution in [3.05, 3.63) is 23.9 Å². The van der Waals surface area contributed by atoms with Crippen LogP contribution in [0.4, 0.5) is 19.0 Å². The van der Waals surface area contributed by atoms with Gasteiger partial charge in [-0.1, -0.05) is 13.8 Å². The lowest BCUT2D eigenvalue weighted by Crippen LogP contribution is -2.50. The van der Waals surface area contributed by atoms with Gasteiger partial charge in [0.05, 0.1) is 11.5 Å². The molecule has 2 fully saturated rings. The highest BCUT2D eigenvalue weighted by Gasteiger charge is 2.32. The zero-order valence-electron chi connectivity index (χ0n) is 17.4. The van der Waals surface area contributed by atoms with E-state index in [0.29, 0.717) is 44.8 Å². The predicted octanol–water partition coefficient (Wildman–Crippen LogP) is 3.08. The van der Waals surface area contributed by atoms with Crippen LogP contribution in [0.1, 0.15) is 45.1 Å². The molecule has 0 bridgehead atoms. The maximum Gasteiger partial charge on any atom is 0.417 e. The molecule has 0 aromatic carbocycles. The molecule has 1 N–H and O–H groups in total. The van der Waals surface area contributed by atoms with Crippen molar-refractivity contribution in [2.75, 3.05) is 31.1 Å². The smallest absolute Gasteiger partial charge is 0.356 e. The Kier molecular flexibility index (Phi) is 6.88. The number of rotatable bonds is 4. The summed E-state index contributed by atoms with van der Waals surface area (Å²) in [5, 5.41) is 3.11. The molecule has 9 heteroatoms. The lowest BCUT2D eigenvalue weighted by atomic mass is 9.95. The number of anilines is 1. The summed E-state index contributed by atoms with van der Waals surface area (Å²) in [4.78, 5) is 32.6. The van der Waals surface area contributed by atoms with Gasteiger partial charge in [0.1, 0.15) is 5.82 Å². The van der Waals surface area contributed by atoms with Crippen LogP contribution in [0.25, 0.3) is 0 Å². The van der Waals surface area contributed by atoms with Crippen LogP contribution in [-0.2, 0) is 15.8 Å². The topological polar surface area (TPSA) is 65.5 Å². The molecule has 1 aromatic heterocycles. The minimum absolute atomic E-state index is 0.0117. The average Bonchev–Trinajstić information content (AvgIpc) is 2.73. The third-order valence-corrected chi connectivity index (χ3v) is 5.84. The van der Waals surface area contributed by atoms with Gasteiger partial charge in [0, 0.05) is 44.3 Å². The number of amides is 2. The summed E-state index contributed by atoms with van der Waals surface area (Å²) in [7, 11) is 0. The zero-order chi connectivity index (χ0) is 21.9. The van der Waals surface area contributed by atoms with E-state index in [9.17, 15) is 22.8 Å². The van der Waals surface area contributed by atoms with Crippen LogP contribution in [0.2, 0.25) is 0 Å². The van der Waals surface area contributed by atoms with Crippen molar-refractivity contribution in [1.82, 2.24) is 15.2 Å². The molecule has 1 unspecified atom stereocenters. The molecule has 2 amide bonds. The number of hydrogen-bond donors (Lipinski definition) is 1. The minimum atomic E-state index is -4.39. The molecular formula is C21H29F3N4O2. The van der Waals surface area contributed by atoms with Crippen LogP contribution in [0.15, 0.2) is 18.3 Å². The number of carbonyl (C=O) groups is 2. The Hall–Kier alpha value is -2.32. The molecule has 2 aliphatic heterocycles. The first-order valence-corrected chi connectivity index (χ1v) is 10.5. The quantitative estimate of drug-likeness (QED) is 0.804. The molecule has 6 nitrogen and oxygen atoms in total. The summed E-state index contributed by atoms with van der Waals surface area (Å²) < 4.78 is 38.0. The lowest BCUT2D eigenvalue weighted by molar-refractivity contribution is -0.139. The Morgan fingerprint density at radius 1 is 1.13 bits per heavy atom. The number of aromatic nitrogens is 1. The average molecular weight is 426 g/mol. The summed E-state index contributed by atoms with van der Waals surface area (Å²) in [6.45, 7) is 6.14. The first-order chi connectivity index (χ1) is 14.1. The Morgan fingerprint density at radius 3 is 2.40 bits per heavy atom. The van der Waals surface area contributed by atoms with Gasteiger partial charge in [0.25, 0.3) is 0 Å². The van der Waals surface area contributed by atoms with Gasteiger partial charge in [0.15, 0.2) is 0 Å². The number of nitrogens with zero attached hydrogens (tertiary/aromatic N) is 3. The van der Waals surface area contributed by atoms with Gasteiger partial charge in [-0.05, 0) is 37.8 Å². The Morgan fingerprint density at radius 2 is 1.83 bits per heavy atom. The second-order valence-corrected chi connectivity index (χ2v) is 8.45. The molecule has 0 radical (unpaired) electrons. The van der Waals surface area contributed by atoms with Crippen molar-refractivity contribution in [3.63, 3.8) is 0 Å². The maximum absolute atomic E-state index is 12.7. The van der Waals surface area contributed by atoms with Crippen LogP contribution in [0, 0.1) is 11.8 Å². The molecule has 3 rings (SSSR count). The number of likely N-dealkylation sites (tertiary alicyclic amines) is 1. The Balaban J connectivity index is 1.48. The monoisotopic (exact) mass is 426 g/mol. The highest BCUT2D eigenvalue weighted by atomic mass is 19.4. The molecule has 3 heterocycles. The number of piperidine rings is 2. The number of pyridine rings is 1. The van der Waals surface area contributed by atoms with Crippen molar-refractivity contribution >= 4 is 17.6 Å². The number of hydrogen-bond acceptors (Lipinski definition) is 4. The minimum Gasteiger partial charge on any atom is -0.356 e. The first-order valence-electron chi connectivity index (χ1n) is 10.5. The van der Waals surface area contributed by atoms with Crippen LogP contribution < -0.4 is 10.2 Å². The molecule has 2 aliphatic rings. The van der Waals surface area contributed by atoms with E-state index >= 15 is 0 Å². The van der Waals surface area contributed by atoms with Gasteiger partial charge < -0.3 is 15.1 Å². The van der Waals surface area contributed by atoms with E-state index in [4.69, 9.17) is 0 Å². The number of halogens is 3. The van der Waals surface area contributed by atoms with E-state index in [2.05, 4.69) is 10.3 Å². The second-order valence-electron chi connectivity index (χ2n) is 8.45. The summed E-state index contributed by atoms with van der Waals surface area (Å²) in [5.74, 6) is 0.334. The molecule has 1 aromatic rings. The van der Waals surface area contributed by atoms with Gasteiger partial charge in [-0.15, -0.1) is 0 Å². The third-order valence-electron chi connectivity index (χ3n) is 5.84. The van der Waals surface area contributed by atoms with Crippen molar-refractivity contribution in [2.24, 2.45) is 11.8 Å².